The van der Waals surface area contributed by atoms with Crippen molar-refractivity contribution in [1.29, 1.82) is 0 Å². The van der Waals surface area contributed by atoms with Gasteiger partial charge in [0.15, 0.2) is 0 Å². The Hall–Kier alpha value is -2.54. The summed E-state index contributed by atoms with van der Waals surface area (Å²) in [5, 5.41) is 0. The van der Waals surface area contributed by atoms with Crippen LogP contribution >= 0.6 is 0 Å². The lowest BCUT2D eigenvalue weighted by atomic mass is 9.84. The number of hydrogen-bond donors (Lipinski definition) is 0. The van der Waals surface area contributed by atoms with Crippen LogP contribution in [0.3, 0.4) is 0 Å². The van der Waals surface area contributed by atoms with Crippen LogP contribution in [0.5, 0.6) is 0 Å². The quantitative estimate of drug-likeness (QED) is 0.380. The van der Waals surface area contributed by atoms with Gasteiger partial charge in [0, 0.05) is 11.4 Å². The number of rotatable bonds is 3. The predicted octanol–water partition coefficient (Wildman–Crippen LogP) is 9.97. The van der Waals surface area contributed by atoms with Crippen molar-refractivity contribution in [1.82, 2.24) is 0 Å². The summed E-state index contributed by atoms with van der Waals surface area (Å²) in [5.41, 5.74) is 12.1. The molecule has 0 fully saturated rings. The second-order valence-corrected chi connectivity index (χ2v) is 13.1. The highest BCUT2D eigenvalue weighted by Crippen LogP contribution is 2.42. The van der Waals surface area contributed by atoms with Gasteiger partial charge in [0.1, 0.15) is 0 Å². The summed E-state index contributed by atoms with van der Waals surface area (Å²) in [6.45, 7) is 27.3. The number of aryl methyl sites for hydroxylation is 3. The van der Waals surface area contributed by atoms with Crippen molar-refractivity contribution in [2.75, 3.05) is 4.90 Å². The highest BCUT2D eigenvalue weighted by molar-refractivity contribution is 5.81. The maximum absolute atomic E-state index is 2.46. The molecule has 1 heteroatoms. The molecular formula is C33H45N. The van der Waals surface area contributed by atoms with Crippen molar-refractivity contribution in [3.05, 3.63) is 88.0 Å². The third kappa shape index (κ3) is 5.57. The highest BCUT2D eigenvalue weighted by Gasteiger charge is 2.24. The van der Waals surface area contributed by atoms with Gasteiger partial charge in [0.2, 0.25) is 0 Å². The Bertz CT molecular complexity index is 1140. The zero-order valence-electron chi connectivity index (χ0n) is 23.6. The molecule has 0 aromatic heterocycles. The Balaban J connectivity index is 2.30. The van der Waals surface area contributed by atoms with Crippen LogP contribution in [0.4, 0.5) is 17.1 Å². The van der Waals surface area contributed by atoms with Crippen LogP contribution in [0.25, 0.3) is 0 Å². The van der Waals surface area contributed by atoms with Crippen LogP contribution < -0.4 is 4.90 Å². The molecule has 0 saturated carbocycles. The maximum Gasteiger partial charge on any atom is 0.0520 e. The molecule has 0 aliphatic carbocycles. The van der Waals surface area contributed by atoms with E-state index >= 15 is 0 Å². The molecule has 3 aromatic rings. The van der Waals surface area contributed by atoms with Crippen LogP contribution in [0, 0.1) is 20.8 Å². The normalized spacial score (nSPS) is 12.7. The molecule has 0 bridgehead atoms. The van der Waals surface area contributed by atoms with Gasteiger partial charge >= 0.3 is 0 Å². The van der Waals surface area contributed by atoms with Gasteiger partial charge in [0.05, 0.1) is 5.69 Å². The Kier molecular flexibility index (Phi) is 6.83. The minimum atomic E-state index is 0.0860. The van der Waals surface area contributed by atoms with E-state index in [0.29, 0.717) is 0 Å². The number of nitrogens with zero attached hydrogens (tertiary/aromatic N) is 1. The van der Waals surface area contributed by atoms with Crippen molar-refractivity contribution >= 4 is 17.1 Å². The number of hydrogen-bond acceptors (Lipinski definition) is 1. The van der Waals surface area contributed by atoms with Crippen molar-refractivity contribution in [2.45, 2.75) is 99.3 Å². The van der Waals surface area contributed by atoms with Gasteiger partial charge < -0.3 is 4.90 Å². The van der Waals surface area contributed by atoms with Gasteiger partial charge in [-0.25, -0.2) is 0 Å². The van der Waals surface area contributed by atoms with E-state index in [0.717, 1.165) is 0 Å². The molecule has 182 valence electrons. The van der Waals surface area contributed by atoms with Crippen LogP contribution in [-0.4, -0.2) is 0 Å². The topological polar surface area (TPSA) is 3.24 Å². The Morgan fingerprint density at radius 1 is 0.471 bits per heavy atom. The monoisotopic (exact) mass is 455 g/mol. The molecule has 3 aromatic carbocycles. The third-order valence-electron chi connectivity index (χ3n) is 6.76. The van der Waals surface area contributed by atoms with Gasteiger partial charge in [0.25, 0.3) is 0 Å². The zero-order valence-corrected chi connectivity index (χ0v) is 23.6. The fourth-order valence-electron chi connectivity index (χ4n) is 4.58. The van der Waals surface area contributed by atoms with E-state index in [-0.39, 0.29) is 16.2 Å². The van der Waals surface area contributed by atoms with E-state index in [2.05, 4.69) is 143 Å². The summed E-state index contributed by atoms with van der Waals surface area (Å²) in [6, 6.07) is 20.9. The Morgan fingerprint density at radius 2 is 0.912 bits per heavy atom. The molecular weight excluding hydrogens is 410 g/mol. The molecule has 0 aliphatic heterocycles. The molecule has 0 unspecified atom stereocenters. The van der Waals surface area contributed by atoms with Gasteiger partial charge in [-0.3, -0.25) is 0 Å². The lowest BCUT2D eigenvalue weighted by Gasteiger charge is -2.32. The summed E-state index contributed by atoms with van der Waals surface area (Å²) in [6.07, 6.45) is 0. The van der Waals surface area contributed by atoms with Gasteiger partial charge in [-0.05, 0) is 94.7 Å². The van der Waals surface area contributed by atoms with Crippen LogP contribution in [0.15, 0.2) is 54.6 Å². The molecule has 0 N–H and O–H groups in total. The molecule has 0 heterocycles. The third-order valence-corrected chi connectivity index (χ3v) is 6.76. The number of anilines is 3. The largest absolute Gasteiger partial charge is 0.310 e. The second kappa shape index (κ2) is 8.91. The van der Waals surface area contributed by atoms with Gasteiger partial charge in [-0.15, -0.1) is 0 Å². The maximum atomic E-state index is 2.46. The fourth-order valence-corrected chi connectivity index (χ4v) is 4.58. The summed E-state index contributed by atoms with van der Waals surface area (Å²) >= 11 is 0. The smallest absolute Gasteiger partial charge is 0.0520 e. The molecule has 34 heavy (non-hydrogen) atoms. The standard InChI is InChI=1S/C33H45N/c1-22-17-26(32(7,8)9)21-29(18-22)34(28-15-13-25(14-16-28)31(4,5)6)30-23(2)19-27(20-24(30)3)33(10,11)12/h13-21H,1-12H3. The molecule has 0 amide bonds. The van der Waals surface area contributed by atoms with Crippen LogP contribution in [0.2, 0.25) is 0 Å². The van der Waals surface area contributed by atoms with E-state index < -0.39 is 0 Å². The number of benzene rings is 3. The molecule has 3 rings (SSSR count). The van der Waals surface area contributed by atoms with Crippen molar-refractivity contribution in [2.24, 2.45) is 0 Å². The predicted molar refractivity (Wildman–Crippen MR) is 151 cm³/mol. The second-order valence-electron chi connectivity index (χ2n) is 13.1. The first-order valence-electron chi connectivity index (χ1n) is 12.6. The summed E-state index contributed by atoms with van der Waals surface area (Å²) in [7, 11) is 0. The molecule has 1 nitrogen and oxygen atoms in total. The SMILES string of the molecule is Cc1cc(N(c2ccc(C(C)(C)C)cc2)c2c(C)cc(C(C)(C)C)cc2C)cc(C(C)(C)C)c1. The van der Waals surface area contributed by atoms with E-state index in [1.54, 1.807) is 0 Å². The Morgan fingerprint density at radius 3 is 1.35 bits per heavy atom. The van der Waals surface area contributed by atoms with E-state index in [9.17, 15) is 0 Å². The zero-order chi connectivity index (χ0) is 25.6. The lowest BCUT2D eigenvalue weighted by Crippen LogP contribution is -2.18. The van der Waals surface area contributed by atoms with E-state index in [4.69, 9.17) is 0 Å². The minimum absolute atomic E-state index is 0.0860. The molecule has 0 atom stereocenters. The first-order chi connectivity index (χ1) is 15.5. The van der Waals surface area contributed by atoms with Gasteiger partial charge in [-0.2, -0.15) is 0 Å². The summed E-state index contributed by atoms with van der Waals surface area (Å²) < 4.78 is 0. The highest BCUT2D eigenvalue weighted by atomic mass is 15.1. The van der Waals surface area contributed by atoms with E-state index in [1.165, 1.54) is 50.4 Å². The Labute approximate surface area is 209 Å². The first kappa shape index (κ1) is 26.1. The van der Waals surface area contributed by atoms with Gasteiger partial charge in [-0.1, -0.05) is 92.6 Å². The van der Waals surface area contributed by atoms with Crippen LogP contribution in [-0.2, 0) is 16.2 Å². The fraction of sp³-hybridized carbons (Fsp3) is 0.455. The first-order valence-corrected chi connectivity index (χ1v) is 12.6. The summed E-state index contributed by atoms with van der Waals surface area (Å²) in [4.78, 5) is 2.46. The molecule has 0 saturated heterocycles. The molecule has 0 aliphatic rings. The van der Waals surface area contributed by atoms with Crippen molar-refractivity contribution in [3.63, 3.8) is 0 Å². The average Bonchev–Trinajstić information content (AvgIpc) is 2.68. The minimum Gasteiger partial charge on any atom is -0.310 e. The van der Waals surface area contributed by atoms with Crippen molar-refractivity contribution in [3.8, 4) is 0 Å². The van der Waals surface area contributed by atoms with Crippen molar-refractivity contribution < 1.29 is 0 Å². The molecule has 0 radical (unpaired) electrons. The summed E-state index contributed by atoms with van der Waals surface area (Å²) in [5.74, 6) is 0. The van der Waals surface area contributed by atoms with Crippen LogP contribution in [0.1, 0.15) is 95.7 Å². The molecule has 0 spiro atoms. The van der Waals surface area contributed by atoms with E-state index in [1.807, 2.05) is 0 Å². The average molecular weight is 456 g/mol. The lowest BCUT2D eigenvalue weighted by molar-refractivity contribution is 0.588.